The predicted octanol–water partition coefficient (Wildman–Crippen LogP) is 2.53. The number of esters is 1. The number of methoxy groups -OCH3 is 1. The molecule has 0 aromatic heterocycles. The maximum atomic E-state index is 12.4. The van der Waals surface area contributed by atoms with Gasteiger partial charge in [0.1, 0.15) is 6.04 Å². The van der Waals surface area contributed by atoms with Gasteiger partial charge in [-0.3, -0.25) is 14.5 Å². The Labute approximate surface area is 147 Å². The smallest absolute Gasteiger partial charge is 0.323 e. The molecule has 2 aromatic carbocycles. The van der Waals surface area contributed by atoms with Crippen molar-refractivity contribution in [2.45, 2.75) is 25.9 Å². The molecule has 0 unspecified atom stereocenters. The summed E-state index contributed by atoms with van der Waals surface area (Å²) >= 11 is 0. The van der Waals surface area contributed by atoms with E-state index in [-0.39, 0.29) is 18.4 Å². The first kappa shape index (κ1) is 17.2. The van der Waals surface area contributed by atoms with Crippen LogP contribution in [-0.2, 0) is 27.3 Å². The summed E-state index contributed by atoms with van der Waals surface area (Å²) in [5.41, 5.74) is 4.16. The fourth-order valence-corrected chi connectivity index (χ4v) is 3.13. The second-order valence-corrected chi connectivity index (χ2v) is 6.33. The molecule has 0 spiro atoms. The molecule has 3 rings (SSSR count). The molecule has 0 fully saturated rings. The van der Waals surface area contributed by atoms with Crippen LogP contribution in [0.3, 0.4) is 0 Å². The average molecular weight is 338 g/mol. The number of carbonyl (C=O) groups excluding carboxylic acids is 2. The van der Waals surface area contributed by atoms with Gasteiger partial charge in [-0.1, -0.05) is 42.0 Å². The summed E-state index contributed by atoms with van der Waals surface area (Å²) in [5.74, 6) is -0.449. The summed E-state index contributed by atoms with van der Waals surface area (Å²) < 4.78 is 4.94. The molecule has 130 valence electrons. The van der Waals surface area contributed by atoms with Crippen LogP contribution >= 0.6 is 0 Å². The van der Waals surface area contributed by atoms with Gasteiger partial charge >= 0.3 is 5.97 Å². The van der Waals surface area contributed by atoms with E-state index in [4.69, 9.17) is 4.74 Å². The highest BCUT2D eigenvalue weighted by Gasteiger charge is 2.33. The highest BCUT2D eigenvalue weighted by molar-refractivity contribution is 5.92. The lowest BCUT2D eigenvalue weighted by Crippen LogP contribution is -2.49. The van der Waals surface area contributed by atoms with Crippen LogP contribution < -0.4 is 5.32 Å². The number of fused-ring (bicyclic) bond motifs is 1. The maximum absolute atomic E-state index is 12.4. The van der Waals surface area contributed by atoms with E-state index in [1.165, 1.54) is 7.11 Å². The molecule has 1 aliphatic heterocycles. The van der Waals surface area contributed by atoms with E-state index in [1.807, 2.05) is 60.4 Å². The summed E-state index contributed by atoms with van der Waals surface area (Å²) in [6, 6.07) is 15.2. The summed E-state index contributed by atoms with van der Waals surface area (Å²) in [6.07, 6.45) is 0.556. The molecule has 5 nitrogen and oxygen atoms in total. The number of carbonyl (C=O) groups is 2. The lowest BCUT2D eigenvalue weighted by atomic mass is 9.94. The molecule has 0 radical (unpaired) electrons. The number of hydrogen-bond acceptors (Lipinski definition) is 4. The summed E-state index contributed by atoms with van der Waals surface area (Å²) in [6.45, 7) is 2.69. The highest BCUT2D eigenvalue weighted by atomic mass is 16.5. The summed E-state index contributed by atoms with van der Waals surface area (Å²) in [7, 11) is 1.38. The number of nitrogens with one attached hydrogen (secondary N) is 1. The van der Waals surface area contributed by atoms with Gasteiger partial charge in [-0.2, -0.15) is 0 Å². The molecule has 1 aliphatic rings. The van der Waals surface area contributed by atoms with E-state index >= 15 is 0 Å². The van der Waals surface area contributed by atoms with Crippen LogP contribution in [0.4, 0.5) is 5.69 Å². The fourth-order valence-electron chi connectivity index (χ4n) is 3.13. The van der Waals surface area contributed by atoms with Gasteiger partial charge in [-0.05, 0) is 36.6 Å². The van der Waals surface area contributed by atoms with Crippen LogP contribution in [0.2, 0.25) is 0 Å². The quantitative estimate of drug-likeness (QED) is 0.871. The topological polar surface area (TPSA) is 58.6 Å². The number of hydrogen-bond donors (Lipinski definition) is 1. The first-order chi connectivity index (χ1) is 12.1. The zero-order valence-corrected chi connectivity index (χ0v) is 14.5. The molecular formula is C20H22N2O3. The highest BCUT2D eigenvalue weighted by Crippen LogP contribution is 2.24. The molecule has 2 aromatic rings. The molecular weight excluding hydrogens is 316 g/mol. The molecule has 5 heteroatoms. The molecule has 0 saturated carbocycles. The Bertz CT molecular complexity index is 771. The molecule has 1 amide bonds. The minimum absolute atomic E-state index is 0.141. The van der Waals surface area contributed by atoms with Gasteiger partial charge in [0.25, 0.3) is 0 Å². The zero-order chi connectivity index (χ0) is 17.8. The third kappa shape index (κ3) is 4.06. The van der Waals surface area contributed by atoms with Gasteiger partial charge in [-0.25, -0.2) is 0 Å². The second-order valence-electron chi connectivity index (χ2n) is 6.33. The second kappa shape index (κ2) is 7.49. The van der Waals surface area contributed by atoms with Gasteiger partial charge in [0.2, 0.25) is 5.91 Å². The van der Waals surface area contributed by atoms with Crippen molar-refractivity contribution in [3.05, 3.63) is 65.2 Å². The molecule has 1 atom stereocenters. The molecule has 0 aliphatic carbocycles. The minimum Gasteiger partial charge on any atom is -0.468 e. The van der Waals surface area contributed by atoms with Crippen molar-refractivity contribution in [3.8, 4) is 0 Å². The third-order valence-corrected chi connectivity index (χ3v) is 4.50. The van der Waals surface area contributed by atoms with E-state index < -0.39 is 6.04 Å². The number of aryl methyl sites for hydroxylation is 1. The van der Waals surface area contributed by atoms with Crippen LogP contribution in [-0.4, -0.2) is 36.5 Å². The van der Waals surface area contributed by atoms with Crippen molar-refractivity contribution >= 4 is 17.6 Å². The van der Waals surface area contributed by atoms with Crippen molar-refractivity contribution in [1.82, 2.24) is 4.90 Å². The van der Waals surface area contributed by atoms with E-state index in [2.05, 4.69) is 5.32 Å². The first-order valence-electron chi connectivity index (χ1n) is 8.32. The Morgan fingerprint density at radius 2 is 1.80 bits per heavy atom. The number of amides is 1. The number of rotatable bonds is 4. The Morgan fingerprint density at radius 3 is 2.48 bits per heavy atom. The van der Waals surface area contributed by atoms with Crippen LogP contribution in [0, 0.1) is 6.92 Å². The number of anilines is 1. The molecule has 25 heavy (non-hydrogen) atoms. The van der Waals surface area contributed by atoms with Gasteiger partial charge < -0.3 is 10.1 Å². The predicted molar refractivity (Wildman–Crippen MR) is 96.2 cm³/mol. The monoisotopic (exact) mass is 338 g/mol. The Kier molecular flexibility index (Phi) is 5.14. The van der Waals surface area contributed by atoms with Gasteiger partial charge in [-0.15, -0.1) is 0 Å². The number of benzene rings is 2. The lowest BCUT2D eigenvalue weighted by molar-refractivity contribution is -0.148. The van der Waals surface area contributed by atoms with Crippen molar-refractivity contribution in [3.63, 3.8) is 0 Å². The fraction of sp³-hybridized carbons (Fsp3) is 0.300. The number of nitrogens with zero attached hydrogens (tertiary/aromatic N) is 1. The zero-order valence-electron chi connectivity index (χ0n) is 14.5. The van der Waals surface area contributed by atoms with E-state index in [0.29, 0.717) is 13.0 Å². The molecule has 0 bridgehead atoms. The standard InChI is InChI=1S/C20H22N2O3/c1-14-7-9-17(10-8-14)21-19(23)13-22-12-16-6-4-3-5-15(16)11-18(22)20(24)25-2/h3-10,18H,11-13H2,1-2H3,(H,21,23)/t18-/m1/s1. The van der Waals surface area contributed by atoms with Crippen LogP contribution in [0.15, 0.2) is 48.5 Å². The SMILES string of the molecule is COC(=O)[C@H]1Cc2ccccc2CN1CC(=O)Nc1ccc(C)cc1. The van der Waals surface area contributed by atoms with Gasteiger partial charge in [0.05, 0.1) is 13.7 Å². The van der Waals surface area contributed by atoms with Gasteiger partial charge in [0.15, 0.2) is 0 Å². The largest absolute Gasteiger partial charge is 0.468 e. The van der Waals surface area contributed by atoms with Crippen LogP contribution in [0.1, 0.15) is 16.7 Å². The molecule has 1 N–H and O–H groups in total. The Balaban J connectivity index is 1.73. The van der Waals surface area contributed by atoms with Crippen molar-refractivity contribution in [2.75, 3.05) is 19.0 Å². The first-order valence-corrected chi connectivity index (χ1v) is 8.32. The minimum atomic E-state index is -0.441. The Hall–Kier alpha value is -2.66. The van der Waals surface area contributed by atoms with Crippen molar-refractivity contribution in [2.24, 2.45) is 0 Å². The van der Waals surface area contributed by atoms with E-state index in [1.54, 1.807) is 0 Å². The lowest BCUT2D eigenvalue weighted by Gasteiger charge is -2.34. The van der Waals surface area contributed by atoms with Gasteiger partial charge in [0, 0.05) is 12.2 Å². The molecule has 1 heterocycles. The van der Waals surface area contributed by atoms with Crippen LogP contribution in [0.5, 0.6) is 0 Å². The number of ether oxygens (including phenoxy) is 1. The molecule has 0 saturated heterocycles. The average Bonchev–Trinajstić information content (AvgIpc) is 2.62. The summed E-state index contributed by atoms with van der Waals surface area (Å²) in [4.78, 5) is 26.5. The summed E-state index contributed by atoms with van der Waals surface area (Å²) in [5, 5.41) is 2.89. The van der Waals surface area contributed by atoms with Crippen molar-refractivity contribution < 1.29 is 14.3 Å². The van der Waals surface area contributed by atoms with E-state index in [0.717, 1.165) is 22.4 Å². The normalized spacial score (nSPS) is 16.8. The third-order valence-electron chi connectivity index (χ3n) is 4.50. The van der Waals surface area contributed by atoms with Crippen LogP contribution in [0.25, 0.3) is 0 Å². The van der Waals surface area contributed by atoms with E-state index in [9.17, 15) is 9.59 Å². The Morgan fingerprint density at radius 1 is 1.12 bits per heavy atom. The van der Waals surface area contributed by atoms with Crippen molar-refractivity contribution in [1.29, 1.82) is 0 Å². The maximum Gasteiger partial charge on any atom is 0.323 e.